The summed E-state index contributed by atoms with van der Waals surface area (Å²) < 4.78 is 27.9. The molecule has 1 aliphatic heterocycles. The molecule has 0 bridgehead atoms. The highest BCUT2D eigenvalue weighted by atomic mass is 35.5. The molecule has 9 heteroatoms. The minimum absolute atomic E-state index is 0.107. The standard InChI is InChI=1S/C26H39F2NO.C6H5N3.C5H4ClN/c1-5-7-8-10-20(6-2)25(30)29-16-18(3)26(19(4)17-29,21-11-9-12-21)22-13-14-23(27)24(28)15-22;1-5-2-3-6(4-7)9-8-5;6-5-2-1-3-7-4-5/h13-15,18-21H,5-12,16-17H2,1-4H3;2-3H,1H3;1-4H. The molecule has 1 aromatic carbocycles. The number of hydrogen-bond donors (Lipinski definition) is 0. The summed E-state index contributed by atoms with van der Waals surface area (Å²) in [5, 5.41) is 16.2. The summed E-state index contributed by atoms with van der Waals surface area (Å²) in [4.78, 5) is 19.2. The van der Waals surface area contributed by atoms with E-state index in [1.54, 1.807) is 42.7 Å². The number of nitrogens with zero attached hydrogens (tertiary/aromatic N) is 5. The van der Waals surface area contributed by atoms with E-state index in [1.807, 2.05) is 13.0 Å². The number of hydrogen-bond acceptors (Lipinski definition) is 5. The third kappa shape index (κ3) is 9.31. The van der Waals surface area contributed by atoms with Crippen molar-refractivity contribution in [3.63, 3.8) is 0 Å². The van der Waals surface area contributed by atoms with Crippen molar-refractivity contribution >= 4 is 17.5 Å². The minimum atomic E-state index is -0.784. The topological polar surface area (TPSA) is 82.8 Å². The molecule has 248 valence electrons. The van der Waals surface area contributed by atoms with Crippen LogP contribution < -0.4 is 0 Å². The third-order valence-electron chi connectivity index (χ3n) is 9.67. The number of aromatic nitrogens is 3. The molecular weight excluding hydrogens is 604 g/mol. The van der Waals surface area contributed by atoms with Crippen molar-refractivity contribution in [2.75, 3.05) is 13.1 Å². The summed E-state index contributed by atoms with van der Waals surface area (Å²) in [6.07, 6.45) is 12.1. The second-order valence-corrected chi connectivity index (χ2v) is 13.1. The number of aryl methyl sites for hydroxylation is 1. The Balaban J connectivity index is 0.000000291. The number of amides is 1. The van der Waals surface area contributed by atoms with Crippen molar-refractivity contribution in [2.45, 2.75) is 91.4 Å². The number of pyridine rings is 1. The number of unbranched alkanes of at least 4 members (excludes halogenated alkanes) is 2. The fourth-order valence-electron chi connectivity index (χ4n) is 7.17. The maximum Gasteiger partial charge on any atom is 0.225 e. The first kappa shape index (κ1) is 37.0. The van der Waals surface area contributed by atoms with Crippen LogP contribution in [0, 0.1) is 53.6 Å². The summed E-state index contributed by atoms with van der Waals surface area (Å²) in [5.41, 5.74) is 1.93. The van der Waals surface area contributed by atoms with Crippen LogP contribution in [0.4, 0.5) is 8.78 Å². The average molecular weight is 652 g/mol. The Kier molecular flexibility index (Phi) is 14.5. The van der Waals surface area contributed by atoms with Gasteiger partial charge in [-0.2, -0.15) is 10.4 Å². The molecule has 2 fully saturated rings. The molecule has 0 radical (unpaired) electrons. The van der Waals surface area contributed by atoms with Crippen molar-refractivity contribution in [1.29, 1.82) is 5.26 Å². The minimum Gasteiger partial charge on any atom is -0.342 e. The van der Waals surface area contributed by atoms with Gasteiger partial charge in [-0.25, -0.2) is 8.78 Å². The Labute approximate surface area is 278 Å². The second-order valence-electron chi connectivity index (χ2n) is 12.7. The van der Waals surface area contributed by atoms with Crippen molar-refractivity contribution in [2.24, 2.45) is 23.7 Å². The monoisotopic (exact) mass is 651 g/mol. The smallest absolute Gasteiger partial charge is 0.225 e. The van der Waals surface area contributed by atoms with Gasteiger partial charge in [0.05, 0.1) is 10.7 Å². The van der Waals surface area contributed by atoms with Gasteiger partial charge in [0.2, 0.25) is 5.91 Å². The molecular formula is C37H48ClF2N5O. The normalized spacial score (nSPS) is 21.4. The summed E-state index contributed by atoms with van der Waals surface area (Å²) in [6, 6.07) is 13.4. The molecule has 2 aromatic heterocycles. The lowest BCUT2D eigenvalue weighted by Gasteiger charge is -2.58. The van der Waals surface area contributed by atoms with E-state index in [-0.39, 0.29) is 23.2 Å². The van der Waals surface area contributed by atoms with Gasteiger partial charge in [-0.3, -0.25) is 9.78 Å². The van der Waals surface area contributed by atoms with Crippen molar-refractivity contribution < 1.29 is 13.6 Å². The molecule has 46 heavy (non-hydrogen) atoms. The fourth-order valence-corrected chi connectivity index (χ4v) is 7.30. The molecule has 1 saturated carbocycles. The average Bonchev–Trinajstić information content (AvgIpc) is 3.02. The van der Waals surface area contributed by atoms with Gasteiger partial charge in [0.1, 0.15) is 6.07 Å². The van der Waals surface area contributed by atoms with Gasteiger partial charge in [-0.05, 0) is 92.3 Å². The first-order valence-corrected chi connectivity index (χ1v) is 17.0. The number of nitriles is 1. The van der Waals surface area contributed by atoms with E-state index in [9.17, 15) is 13.6 Å². The van der Waals surface area contributed by atoms with Crippen LogP contribution in [0.1, 0.15) is 96.0 Å². The van der Waals surface area contributed by atoms with Gasteiger partial charge >= 0.3 is 0 Å². The van der Waals surface area contributed by atoms with Gasteiger partial charge in [-0.15, -0.1) is 5.10 Å². The summed E-state index contributed by atoms with van der Waals surface area (Å²) >= 11 is 5.48. The molecule has 3 aromatic rings. The molecule has 3 atom stereocenters. The van der Waals surface area contributed by atoms with Crippen molar-refractivity contribution in [1.82, 2.24) is 20.1 Å². The van der Waals surface area contributed by atoms with Crippen LogP contribution in [-0.4, -0.2) is 39.1 Å². The Hall–Kier alpha value is -3.44. The van der Waals surface area contributed by atoms with Crippen LogP contribution in [0.2, 0.25) is 5.02 Å². The van der Waals surface area contributed by atoms with E-state index in [4.69, 9.17) is 16.9 Å². The molecule has 3 heterocycles. The zero-order valence-corrected chi connectivity index (χ0v) is 28.6. The van der Waals surface area contributed by atoms with Gasteiger partial charge in [0.25, 0.3) is 0 Å². The molecule has 0 spiro atoms. The Bertz CT molecular complexity index is 1400. The highest BCUT2D eigenvalue weighted by molar-refractivity contribution is 6.30. The highest BCUT2D eigenvalue weighted by Gasteiger charge is 2.54. The van der Waals surface area contributed by atoms with E-state index >= 15 is 0 Å². The van der Waals surface area contributed by atoms with Crippen LogP contribution >= 0.6 is 11.6 Å². The van der Waals surface area contributed by atoms with Crippen LogP contribution in [0.15, 0.2) is 54.9 Å². The molecule has 0 N–H and O–H groups in total. The van der Waals surface area contributed by atoms with Gasteiger partial charge < -0.3 is 4.90 Å². The van der Waals surface area contributed by atoms with Crippen LogP contribution in [0.3, 0.4) is 0 Å². The predicted octanol–water partition coefficient (Wildman–Crippen LogP) is 9.12. The number of carbonyl (C=O) groups is 1. The lowest BCUT2D eigenvalue weighted by Crippen LogP contribution is -2.60. The molecule has 6 nitrogen and oxygen atoms in total. The van der Waals surface area contributed by atoms with Gasteiger partial charge in [-0.1, -0.05) is 71.0 Å². The number of halogens is 3. The largest absolute Gasteiger partial charge is 0.342 e. The zero-order valence-electron chi connectivity index (χ0n) is 27.9. The van der Waals surface area contributed by atoms with Crippen LogP contribution in [0.25, 0.3) is 0 Å². The maximum atomic E-state index is 14.2. The van der Waals surface area contributed by atoms with E-state index in [1.165, 1.54) is 31.4 Å². The number of piperidine rings is 1. The zero-order chi connectivity index (χ0) is 33.7. The number of carbonyl (C=O) groups excluding carboxylic acids is 1. The Morgan fingerprint density at radius 3 is 2.24 bits per heavy atom. The van der Waals surface area contributed by atoms with Crippen molar-refractivity contribution in [3.8, 4) is 6.07 Å². The Morgan fingerprint density at radius 1 is 1.07 bits per heavy atom. The van der Waals surface area contributed by atoms with Gasteiger partial charge in [0, 0.05) is 36.8 Å². The van der Waals surface area contributed by atoms with E-state index in [0.717, 1.165) is 43.4 Å². The summed E-state index contributed by atoms with van der Waals surface area (Å²) in [5.74, 6) is -0.229. The lowest BCUT2D eigenvalue weighted by atomic mass is 9.50. The molecule has 5 rings (SSSR count). The molecule has 1 aliphatic carbocycles. The summed E-state index contributed by atoms with van der Waals surface area (Å²) in [6.45, 7) is 12.0. The molecule has 2 aliphatic rings. The second kappa shape index (κ2) is 18.0. The van der Waals surface area contributed by atoms with E-state index in [0.29, 0.717) is 35.6 Å². The van der Waals surface area contributed by atoms with Crippen LogP contribution in [-0.2, 0) is 10.2 Å². The number of rotatable bonds is 8. The predicted molar refractivity (Wildman–Crippen MR) is 179 cm³/mol. The van der Waals surface area contributed by atoms with E-state index in [2.05, 4.69) is 47.8 Å². The lowest BCUT2D eigenvalue weighted by molar-refractivity contribution is -0.142. The first-order chi connectivity index (χ1) is 22.1. The Morgan fingerprint density at radius 2 is 1.78 bits per heavy atom. The molecule has 1 saturated heterocycles. The van der Waals surface area contributed by atoms with E-state index < -0.39 is 11.6 Å². The first-order valence-electron chi connectivity index (χ1n) is 16.6. The van der Waals surface area contributed by atoms with Crippen LogP contribution in [0.5, 0.6) is 0 Å². The molecule has 3 unspecified atom stereocenters. The highest BCUT2D eigenvalue weighted by Crippen LogP contribution is 2.55. The fraction of sp³-hybridized carbons (Fsp3) is 0.541. The number of benzene rings is 1. The quantitative estimate of drug-likeness (QED) is 0.227. The van der Waals surface area contributed by atoms with Gasteiger partial charge in [0.15, 0.2) is 17.3 Å². The number of likely N-dealkylation sites (tertiary alicyclic amines) is 1. The third-order valence-corrected chi connectivity index (χ3v) is 9.89. The SMILES string of the molecule is CCCCCC(CC)C(=O)N1CC(C)C(c2ccc(F)c(F)c2)(C2CCC2)C(C)C1.Cc1ccc(C#N)nn1.Clc1cccnc1. The summed E-state index contributed by atoms with van der Waals surface area (Å²) in [7, 11) is 0. The maximum absolute atomic E-state index is 14.2. The van der Waals surface area contributed by atoms with Crippen molar-refractivity contribution in [3.05, 3.63) is 88.5 Å². The molecule has 1 amide bonds.